The molecule has 0 aliphatic rings. The van der Waals surface area contributed by atoms with Crippen LogP contribution in [0.2, 0.25) is 0 Å². The van der Waals surface area contributed by atoms with Crippen LogP contribution in [0.4, 0.5) is 18.9 Å². The number of benzene rings is 1. The molecular weight excluding hydrogens is 271 g/mol. The van der Waals surface area contributed by atoms with Crippen molar-refractivity contribution in [2.24, 2.45) is 0 Å². The molecule has 3 N–H and O–H groups in total. The first-order chi connectivity index (χ1) is 8.66. The van der Waals surface area contributed by atoms with Crippen LogP contribution < -0.4 is 0 Å². The lowest BCUT2D eigenvalue weighted by Gasteiger charge is -2.17. The second-order valence-corrected chi connectivity index (χ2v) is 3.76. The third-order valence-electron chi connectivity index (χ3n) is 2.37. The molecule has 0 bridgehead atoms. The highest BCUT2D eigenvalue weighted by Gasteiger charge is 2.34. The Hall–Kier alpha value is -1.71. The van der Waals surface area contributed by atoms with E-state index in [4.69, 9.17) is 10.2 Å². The second-order valence-electron chi connectivity index (χ2n) is 3.76. The number of aliphatic hydroxyl groups is 3. The third-order valence-corrected chi connectivity index (χ3v) is 2.37. The topological polar surface area (TPSA) is 104 Å². The van der Waals surface area contributed by atoms with Gasteiger partial charge in [-0.2, -0.15) is 13.2 Å². The molecule has 2 unspecified atom stereocenters. The van der Waals surface area contributed by atoms with Crippen LogP contribution in [0, 0.1) is 10.1 Å². The number of hydrogen-bond acceptors (Lipinski definition) is 5. The fourth-order valence-electron chi connectivity index (χ4n) is 1.40. The molecule has 0 aliphatic carbocycles. The molecule has 1 rings (SSSR count). The van der Waals surface area contributed by atoms with E-state index in [1.807, 2.05) is 0 Å². The van der Waals surface area contributed by atoms with E-state index in [1.165, 1.54) is 0 Å². The summed E-state index contributed by atoms with van der Waals surface area (Å²) in [5, 5.41) is 37.8. The molecule has 0 spiro atoms. The van der Waals surface area contributed by atoms with E-state index >= 15 is 0 Å². The van der Waals surface area contributed by atoms with E-state index in [0.29, 0.717) is 18.2 Å². The largest absolute Gasteiger partial charge is 0.416 e. The maximum absolute atomic E-state index is 12.5. The number of nitrogens with zero attached hydrogens (tertiary/aromatic N) is 1. The van der Waals surface area contributed by atoms with Gasteiger partial charge in [-0.3, -0.25) is 10.1 Å². The van der Waals surface area contributed by atoms with Gasteiger partial charge in [-0.1, -0.05) is 0 Å². The van der Waals surface area contributed by atoms with E-state index in [0.717, 1.165) is 0 Å². The molecule has 19 heavy (non-hydrogen) atoms. The van der Waals surface area contributed by atoms with Crippen LogP contribution in [0.3, 0.4) is 0 Å². The van der Waals surface area contributed by atoms with Gasteiger partial charge in [0.05, 0.1) is 17.1 Å². The smallest absolute Gasteiger partial charge is 0.394 e. The van der Waals surface area contributed by atoms with Gasteiger partial charge in [-0.05, 0) is 11.6 Å². The lowest BCUT2D eigenvalue weighted by molar-refractivity contribution is -0.385. The van der Waals surface area contributed by atoms with Gasteiger partial charge in [0, 0.05) is 12.1 Å². The van der Waals surface area contributed by atoms with Gasteiger partial charge in [0.15, 0.2) is 0 Å². The minimum Gasteiger partial charge on any atom is -0.394 e. The summed E-state index contributed by atoms with van der Waals surface area (Å²) in [6.45, 7) is -0.898. The molecule has 0 aliphatic heterocycles. The molecule has 9 heteroatoms. The summed E-state index contributed by atoms with van der Waals surface area (Å²) in [5.74, 6) is 0. The SMILES string of the molecule is O=[N+]([O-])c1cc(C(O)C(O)CO)cc(C(F)(F)F)c1. The Morgan fingerprint density at radius 1 is 1.26 bits per heavy atom. The van der Waals surface area contributed by atoms with Crippen molar-refractivity contribution in [1.29, 1.82) is 0 Å². The van der Waals surface area contributed by atoms with E-state index in [-0.39, 0.29) is 0 Å². The van der Waals surface area contributed by atoms with Crippen molar-refractivity contribution in [3.05, 3.63) is 39.4 Å². The van der Waals surface area contributed by atoms with Crippen molar-refractivity contribution >= 4 is 5.69 Å². The Labute approximate surface area is 104 Å². The Balaban J connectivity index is 3.32. The van der Waals surface area contributed by atoms with Crippen molar-refractivity contribution < 1.29 is 33.4 Å². The van der Waals surface area contributed by atoms with E-state index in [2.05, 4.69) is 0 Å². The fourth-order valence-corrected chi connectivity index (χ4v) is 1.40. The normalized spacial score (nSPS) is 15.1. The monoisotopic (exact) mass is 281 g/mol. The molecule has 106 valence electrons. The number of non-ortho nitro benzene ring substituents is 1. The van der Waals surface area contributed by atoms with Gasteiger partial charge in [0.2, 0.25) is 0 Å². The molecule has 0 saturated carbocycles. The maximum Gasteiger partial charge on any atom is 0.416 e. The van der Waals surface area contributed by atoms with E-state index in [9.17, 15) is 28.4 Å². The molecule has 0 radical (unpaired) electrons. The predicted octanol–water partition coefficient (Wildman–Crippen LogP) is 1.00. The fraction of sp³-hybridized carbons (Fsp3) is 0.400. The van der Waals surface area contributed by atoms with Gasteiger partial charge in [-0.15, -0.1) is 0 Å². The summed E-state index contributed by atoms with van der Waals surface area (Å²) in [4.78, 5) is 9.49. The molecule has 0 heterocycles. The number of halogens is 3. The summed E-state index contributed by atoms with van der Waals surface area (Å²) >= 11 is 0. The highest BCUT2D eigenvalue weighted by atomic mass is 19.4. The lowest BCUT2D eigenvalue weighted by atomic mass is 10.0. The molecule has 0 amide bonds. The molecule has 0 saturated heterocycles. The second kappa shape index (κ2) is 5.51. The molecule has 0 aromatic heterocycles. The number of nitro benzene ring substituents is 1. The minimum atomic E-state index is -4.83. The Bertz CT molecular complexity index is 477. The zero-order valence-corrected chi connectivity index (χ0v) is 9.33. The average molecular weight is 281 g/mol. The molecular formula is C10H10F3NO5. The Morgan fingerprint density at radius 3 is 2.26 bits per heavy atom. The first-order valence-electron chi connectivity index (χ1n) is 5.00. The molecule has 1 aromatic carbocycles. The van der Waals surface area contributed by atoms with Crippen LogP contribution in [0.25, 0.3) is 0 Å². The average Bonchev–Trinajstić information content (AvgIpc) is 2.35. The lowest BCUT2D eigenvalue weighted by Crippen LogP contribution is -2.22. The van der Waals surface area contributed by atoms with Crippen LogP contribution >= 0.6 is 0 Å². The highest BCUT2D eigenvalue weighted by Crippen LogP contribution is 2.34. The standard InChI is InChI=1S/C10H10F3NO5/c11-10(12,13)6-1-5(9(17)8(16)4-15)2-7(3-6)14(18)19/h1-3,8-9,15-17H,4H2. The van der Waals surface area contributed by atoms with Gasteiger partial charge in [-0.25, -0.2) is 0 Å². The quantitative estimate of drug-likeness (QED) is 0.564. The van der Waals surface area contributed by atoms with Crippen LogP contribution in [-0.4, -0.2) is 33.0 Å². The van der Waals surface area contributed by atoms with E-state index < -0.39 is 46.7 Å². The summed E-state index contributed by atoms with van der Waals surface area (Å²) in [7, 11) is 0. The Kier molecular flexibility index (Phi) is 4.45. The number of aliphatic hydroxyl groups excluding tert-OH is 3. The zero-order chi connectivity index (χ0) is 14.8. The maximum atomic E-state index is 12.5. The van der Waals surface area contributed by atoms with Crippen LogP contribution in [-0.2, 0) is 6.18 Å². The minimum absolute atomic E-state index is 0.321. The summed E-state index contributed by atoms with van der Waals surface area (Å²) in [5.41, 5.74) is -2.68. The van der Waals surface area contributed by atoms with Crippen molar-refractivity contribution in [3.63, 3.8) is 0 Å². The first kappa shape index (κ1) is 15.3. The van der Waals surface area contributed by atoms with Crippen molar-refractivity contribution in [2.45, 2.75) is 18.4 Å². The summed E-state index contributed by atoms with van der Waals surface area (Å²) in [6.07, 6.45) is -8.42. The predicted molar refractivity (Wildman–Crippen MR) is 56.2 cm³/mol. The van der Waals surface area contributed by atoms with Crippen LogP contribution in [0.15, 0.2) is 18.2 Å². The van der Waals surface area contributed by atoms with Gasteiger partial charge < -0.3 is 15.3 Å². The van der Waals surface area contributed by atoms with E-state index in [1.54, 1.807) is 0 Å². The number of nitro groups is 1. The van der Waals surface area contributed by atoms with Crippen molar-refractivity contribution in [2.75, 3.05) is 6.61 Å². The molecule has 0 fully saturated rings. The molecule has 1 aromatic rings. The highest BCUT2D eigenvalue weighted by molar-refractivity contribution is 5.41. The number of hydrogen-bond donors (Lipinski definition) is 3. The van der Waals surface area contributed by atoms with Crippen molar-refractivity contribution in [3.8, 4) is 0 Å². The van der Waals surface area contributed by atoms with Gasteiger partial charge in [0.1, 0.15) is 12.2 Å². The van der Waals surface area contributed by atoms with Crippen LogP contribution in [0.1, 0.15) is 17.2 Å². The molecule has 6 nitrogen and oxygen atoms in total. The third kappa shape index (κ3) is 3.63. The summed E-state index contributed by atoms with van der Waals surface area (Å²) < 4.78 is 37.6. The zero-order valence-electron chi connectivity index (χ0n) is 9.33. The number of alkyl halides is 3. The van der Waals surface area contributed by atoms with Gasteiger partial charge in [0.25, 0.3) is 5.69 Å². The summed E-state index contributed by atoms with van der Waals surface area (Å²) in [6, 6.07) is 1.51. The first-order valence-corrected chi connectivity index (χ1v) is 5.00. The number of rotatable bonds is 4. The molecule has 2 atom stereocenters. The van der Waals surface area contributed by atoms with Crippen molar-refractivity contribution in [1.82, 2.24) is 0 Å². The van der Waals surface area contributed by atoms with Gasteiger partial charge >= 0.3 is 6.18 Å². The Morgan fingerprint density at radius 2 is 1.84 bits per heavy atom. The van der Waals surface area contributed by atoms with Crippen LogP contribution in [0.5, 0.6) is 0 Å².